The van der Waals surface area contributed by atoms with Crippen LogP contribution in [0.5, 0.6) is 0 Å². The molecule has 29 heavy (non-hydrogen) atoms. The molecule has 0 heterocycles. The Hall–Kier alpha value is -3.22. The zero-order valence-electron chi connectivity index (χ0n) is 15.0. The molecule has 0 unspecified atom stereocenters. The number of rotatable bonds is 4. The molecule has 0 saturated heterocycles. The molecule has 1 aliphatic carbocycles. The van der Waals surface area contributed by atoms with Crippen LogP contribution in [0.1, 0.15) is 15.9 Å². The number of halogens is 1. The number of nitrogens with zero attached hydrogens (tertiary/aromatic N) is 1. The average molecular weight is 423 g/mol. The van der Waals surface area contributed by atoms with E-state index in [9.17, 15) is 13.2 Å². The van der Waals surface area contributed by atoms with Gasteiger partial charge in [0.25, 0.3) is 10.0 Å². The van der Waals surface area contributed by atoms with Crippen LogP contribution in [-0.4, -0.2) is 19.9 Å². The Morgan fingerprint density at radius 3 is 2.10 bits per heavy atom. The van der Waals surface area contributed by atoms with Crippen LogP contribution in [0.3, 0.4) is 0 Å². The third kappa shape index (κ3) is 3.99. The number of carbonyl (C=O) groups is 1. The van der Waals surface area contributed by atoms with Gasteiger partial charge >= 0.3 is 0 Å². The Morgan fingerprint density at radius 1 is 0.793 bits per heavy atom. The van der Waals surface area contributed by atoms with Crippen LogP contribution in [0.15, 0.2) is 99.9 Å². The summed E-state index contributed by atoms with van der Waals surface area (Å²) in [5.41, 5.74) is 2.01. The molecule has 0 atom stereocenters. The van der Waals surface area contributed by atoms with Crippen LogP contribution in [0.25, 0.3) is 0 Å². The summed E-state index contributed by atoms with van der Waals surface area (Å²) in [5, 5.41) is 3.48. The minimum atomic E-state index is -3.99. The number of allylic oxidation sites excluding steroid dienone is 2. The molecular formula is C22H15ClN2O3S. The van der Waals surface area contributed by atoms with Crippen molar-refractivity contribution in [3.63, 3.8) is 0 Å². The van der Waals surface area contributed by atoms with Crippen LogP contribution in [-0.2, 0) is 10.0 Å². The highest BCUT2D eigenvalue weighted by molar-refractivity contribution is 7.90. The van der Waals surface area contributed by atoms with Gasteiger partial charge < -0.3 is 5.32 Å². The smallest absolute Gasteiger partial charge is 0.282 e. The van der Waals surface area contributed by atoms with Crippen molar-refractivity contribution in [3.8, 4) is 0 Å². The lowest BCUT2D eigenvalue weighted by atomic mass is 9.92. The Kier molecular flexibility index (Phi) is 5.05. The van der Waals surface area contributed by atoms with Gasteiger partial charge in [-0.3, -0.25) is 4.79 Å². The second kappa shape index (κ2) is 7.66. The number of hydrogen-bond acceptors (Lipinski definition) is 4. The first-order valence-corrected chi connectivity index (χ1v) is 10.5. The van der Waals surface area contributed by atoms with Crippen molar-refractivity contribution in [2.24, 2.45) is 4.40 Å². The highest BCUT2D eigenvalue weighted by Gasteiger charge is 2.26. The third-order valence-electron chi connectivity index (χ3n) is 4.36. The molecule has 0 bridgehead atoms. The molecule has 7 heteroatoms. The van der Waals surface area contributed by atoms with Crippen molar-refractivity contribution >= 4 is 38.8 Å². The maximum atomic E-state index is 12.9. The number of sulfonamides is 1. The van der Waals surface area contributed by atoms with Crippen molar-refractivity contribution in [1.82, 2.24) is 0 Å². The lowest BCUT2D eigenvalue weighted by molar-refractivity contribution is 0.103. The van der Waals surface area contributed by atoms with Gasteiger partial charge in [0.15, 0.2) is 0 Å². The van der Waals surface area contributed by atoms with E-state index in [0.29, 0.717) is 21.8 Å². The SMILES string of the molecule is O=C1C(Nc2ccccc2)=C/C(=N\S(=O)(=O)c2ccc(Cl)cc2)c2ccccc21. The second-order valence-electron chi connectivity index (χ2n) is 6.33. The molecule has 0 spiro atoms. The minimum Gasteiger partial charge on any atom is -0.352 e. The third-order valence-corrected chi connectivity index (χ3v) is 5.91. The van der Waals surface area contributed by atoms with Crippen molar-refractivity contribution in [3.05, 3.63) is 107 Å². The molecule has 3 aromatic rings. The predicted octanol–water partition coefficient (Wildman–Crippen LogP) is 4.71. The van der Waals surface area contributed by atoms with Crippen LogP contribution >= 0.6 is 11.6 Å². The van der Waals surface area contributed by atoms with Gasteiger partial charge in [-0.05, 0) is 42.5 Å². The van der Waals surface area contributed by atoms with Gasteiger partial charge in [-0.2, -0.15) is 12.8 Å². The maximum Gasteiger partial charge on any atom is 0.282 e. The highest BCUT2D eigenvalue weighted by atomic mass is 35.5. The molecule has 5 nitrogen and oxygen atoms in total. The van der Waals surface area contributed by atoms with Crippen molar-refractivity contribution in [2.45, 2.75) is 4.90 Å². The minimum absolute atomic E-state index is 0.0229. The van der Waals surface area contributed by atoms with Gasteiger partial charge in [0, 0.05) is 21.8 Å². The van der Waals surface area contributed by atoms with Crippen LogP contribution in [0.2, 0.25) is 5.02 Å². The topological polar surface area (TPSA) is 75.6 Å². The summed E-state index contributed by atoms with van der Waals surface area (Å²) in [4.78, 5) is 12.9. The lowest BCUT2D eigenvalue weighted by Crippen LogP contribution is -2.22. The quantitative estimate of drug-likeness (QED) is 0.660. The number of nitrogens with one attached hydrogen (secondary N) is 1. The molecule has 144 valence electrons. The fourth-order valence-corrected chi connectivity index (χ4v) is 4.09. The van der Waals surface area contributed by atoms with Gasteiger partial charge in [-0.15, -0.1) is 0 Å². The van der Waals surface area contributed by atoms with E-state index in [-0.39, 0.29) is 22.1 Å². The summed E-state index contributed by atoms with van der Waals surface area (Å²) in [6, 6.07) is 21.7. The summed E-state index contributed by atoms with van der Waals surface area (Å²) in [6.07, 6.45) is 1.46. The molecule has 0 fully saturated rings. The maximum absolute atomic E-state index is 12.9. The van der Waals surface area contributed by atoms with Crippen molar-refractivity contribution < 1.29 is 13.2 Å². The Labute approximate surface area is 173 Å². The van der Waals surface area contributed by atoms with Gasteiger partial charge in [-0.25, -0.2) is 0 Å². The first-order valence-electron chi connectivity index (χ1n) is 8.72. The molecule has 0 aliphatic heterocycles. The number of anilines is 1. The summed E-state index contributed by atoms with van der Waals surface area (Å²) < 4.78 is 29.6. The highest BCUT2D eigenvalue weighted by Crippen LogP contribution is 2.25. The number of fused-ring (bicyclic) bond motifs is 1. The van der Waals surface area contributed by atoms with E-state index < -0.39 is 10.0 Å². The number of hydrogen-bond donors (Lipinski definition) is 1. The predicted molar refractivity (Wildman–Crippen MR) is 114 cm³/mol. The Morgan fingerprint density at radius 2 is 1.41 bits per heavy atom. The molecule has 0 saturated carbocycles. The van der Waals surface area contributed by atoms with E-state index in [4.69, 9.17) is 11.6 Å². The molecule has 4 rings (SSSR count). The summed E-state index contributed by atoms with van der Waals surface area (Å²) in [5.74, 6) is -0.229. The molecule has 1 N–H and O–H groups in total. The summed E-state index contributed by atoms with van der Waals surface area (Å²) in [6.45, 7) is 0. The van der Waals surface area contributed by atoms with E-state index >= 15 is 0 Å². The Balaban J connectivity index is 1.82. The molecule has 0 amide bonds. The number of benzene rings is 3. The second-order valence-corrected chi connectivity index (χ2v) is 8.37. The van der Waals surface area contributed by atoms with Crippen LogP contribution in [0, 0.1) is 0 Å². The van der Waals surface area contributed by atoms with E-state index in [2.05, 4.69) is 9.71 Å². The first kappa shape index (κ1) is 19.1. The van der Waals surface area contributed by atoms with E-state index in [0.717, 1.165) is 0 Å². The van der Waals surface area contributed by atoms with Crippen LogP contribution < -0.4 is 5.32 Å². The molecule has 3 aromatic carbocycles. The zero-order chi connectivity index (χ0) is 20.4. The zero-order valence-corrected chi connectivity index (χ0v) is 16.6. The van der Waals surface area contributed by atoms with Gasteiger partial charge in [0.2, 0.25) is 5.78 Å². The van der Waals surface area contributed by atoms with Gasteiger partial charge in [0.05, 0.1) is 16.3 Å². The molecular weight excluding hydrogens is 408 g/mol. The average Bonchev–Trinajstić information content (AvgIpc) is 2.72. The Bertz CT molecular complexity index is 1250. The monoisotopic (exact) mass is 422 g/mol. The number of carbonyl (C=O) groups excluding carboxylic acids is 1. The van der Waals surface area contributed by atoms with E-state index in [1.54, 1.807) is 24.3 Å². The van der Waals surface area contributed by atoms with Gasteiger partial charge in [0.1, 0.15) is 0 Å². The fraction of sp³-hybridized carbons (Fsp3) is 0. The number of Topliss-reactive ketones (excluding diaryl/α,β-unsaturated/α-hetero) is 1. The fourth-order valence-electron chi connectivity index (χ4n) is 2.96. The lowest BCUT2D eigenvalue weighted by Gasteiger charge is -2.18. The van der Waals surface area contributed by atoms with Gasteiger partial charge in [-0.1, -0.05) is 54.1 Å². The number of ketones is 1. The molecule has 0 aromatic heterocycles. The van der Waals surface area contributed by atoms with E-state index in [1.165, 1.54) is 30.3 Å². The van der Waals surface area contributed by atoms with Crippen molar-refractivity contribution in [1.29, 1.82) is 0 Å². The standard InChI is InChI=1S/C22H15ClN2O3S/c23-15-10-12-17(13-11-15)29(27,28)25-20-14-21(24-16-6-2-1-3-7-16)22(26)19-9-5-4-8-18(19)20/h1-14,24H/b25-20+. The molecule has 1 aliphatic rings. The summed E-state index contributed by atoms with van der Waals surface area (Å²) in [7, 11) is -3.99. The largest absolute Gasteiger partial charge is 0.352 e. The molecule has 0 radical (unpaired) electrons. The van der Waals surface area contributed by atoms with Crippen LogP contribution in [0.4, 0.5) is 5.69 Å². The summed E-state index contributed by atoms with van der Waals surface area (Å²) >= 11 is 5.85. The number of para-hydroxylation sites is 1. The van der Waals surface area contributed by atoms with Crippen molar-refractivity contribution in [2.75, 3.05) is 5.32 Å². The van der Waals surface area contributed by atoms with E-state index in [1.807, 2.05) is 30.3 Å². The normalized spacial score (nSPS) is 15.0. The first-order chi connectivity index (χ1) is 13.9.